The Morgan fingerprint density at radius 2 is 1.84 bits per heavy atom. The summed E-state index contributed by atoms with van der Waals surface area (Å²) in [6.45, 7) is 0. The highest BCUT2D eigenvalue weighted by Crippen LogP contribution is 2.60. The molecular formula is C20H26N4O. The zero-order chi connectivity index (χ0) is 17.2. The number of primary amides is 1. The van der Waals surface area contributed by atoms with Crippen LogP contribution >= 0.6 is 0 Å². The monoisotopic (exact) mass is 338 g/mol. The van der Waals surface area contributed by atoms with Gasteiger partial charge in [0, 0.05) is 6.42 Å². The highest BCUT2D eigenvalue weighted by Gasteiger charge is 2.51. The number of imidazole rings is 1. The molecule has 4 bridgehead atoms. The topological polar surface area (TPSA) is 97.8 Å². The van der Waals surface area contributed by atoms with Gasteiger partial charge >= 0.3 is 0 Å². The van der Waals surface area contributed by atoms with Crippen molar-refractivity contribution in [2.24, 2.45) is 29.2 Å². The van der Waals surface area contributed by atoms with E-state index < -0.39 is 11.9 Å². The zero-order valence-corrected chi connectivity index (χ0v) is 14.5. The Kier molecular flexibility index (Phi) is 3.26. The third kappa shape index (κ3) is 2.48. The van der Waals surface area contributed by atoms with Crippen molar-refractivity contribution in [1.29, 1.82) is 0 Å². The Bertz CT molecular complexity index is 804. The number of hydrogen-bond donors (Lipinski definition) is 3. The van der Waals surface area contributed by atoms with Crippen LogP contribution in [0.25, 0.3) is 11.0 Å². The molecule has 1 aromatic heterocycles. The van der Waals surface area contributed by atoms with Crippen LogP contribution in [0.2, 0.25) is 0 Å². The number of benzene rings is 1. The molecule has 1 amide bonds. The minimum atomic E-state index is -0.465. The van der Waals surface area contributed by atoms with Gasteiger partial charge in [0.25, 0.3) is 0 Å². The summed E-state index contributed by atoms with van der Waals surface area (Å²) in [5, 5.41) is 0. The minimum absolute atomic E-state index is 0.113. The number of carbonyl (C=O) groups excluding carboxylic acids is 1. The van der Waals surface area contributed by atoms with Crippen LogP contribution in [-0.4, -0.2) is 15.9 Å². The number of carbonyl (C=O) groups is 1. The fraction of sp³-hybridized carbons (Fsp3) is 0.600. The molecule has 0 aliphatic heterocycles. The Hall–Kier alpha value is -1.88. The van der Waals surface area contributed by atoms with Crippen LogP contribution in [0.3, 0.4) is 0 Å². The summed E-state index contributed by atoms with van der Waals surface area (Å²) in [4.78, 5) is 19.0. The zero-order valence-electron chi connectivity index (χ0n) is 14.5. The molecule has 4 saturated carbocycles. The fourth-order valence-corrected chi connectivity index (χ4v) is 6.31. The molecule has 4 aliphatic carbocycles. The predicted octanol–water partition coefficient (Wildman–Crippen LogP) is 2.91. The van der Waals surface area contributed by atoms with Gasteiger partial charge < -0.3 is 16.5 Å². The maximum absolute atomic E-state index is 11.1. The van der Waals surface area contributed by atoms with Crippen LogP contribution in [0.4, 0.5) is 0 Å². The number of nitrogens with two attached hydrogens (primary N) is 2. The van der Waals surface area contributed by atoms with Gasteiger partial charge in [0.05, 0.1) is 17.1 Å². The Balaban J connectivity index is 1.49. The quantitative estimate of drug-likeness (QED) is 0.799. The second-order valence-corrected chi connectivity index (χ2v) is 8.83. The van der Waals surface area contributed by atoms with E-state index in [-0.39, 0.29) is 6.42 Å². The number of nitrogens with zero attached hydrogens (tertiary/aromatic N) is 1. The molecule has 1 atom stereocenters. The van der Waals surface area contributed by atoms with Gasteiger partial charge in [0.2, 0.25) is 5.91 Å². The molecule has 1 aromatic carbocycles. The molecule has 6 rings (SSSR count). The highest BCUT2D eigenvalue weighted by atomic mass is 16.1. The van der Waals surface area contributed by atoms with E-state index in [1.54, 1.807) is 0 Å². The van der Waals surface area contributed by atoms with Crippen LogP contribution in [0.15, 0.2) is 18.2 Å². The normalized spacial score (nSPS) is 34.5. The van der Waals surface area contributed by atoms with E-state index in [1.807, 2.05) is 0 Å². The molecule has 1 unspecified atom stereocenters. The molecule has 25 heavy (non-hydrogen) atoms. The van der Waals surface area contributed by atoms with Crippen molar-refractivity contribution in [1.82, 2.24) is 9.97 Å². The Labute approximate surface area is 147 Å². The molecule has 5 heteroatoms. The molecule has 4 fully saturated rings. The third-order valence-electron chi connectivity index (χ3n) is 6.92. The Morgan fingerprint density at radius 3 is 2.44 bits per heavy atom. The largest absolute Gasteiger partial charge is 0.370 e. The second kappa shape index (κ2) is 5.31. The summed E-state index contributed by atoms with van der Waals surface area (Å²) in [5.41, 5.74) is 15.1. The number of fused-ring (bicyclic) bond motifs is 1. The van der Waals surface area contributed by atoms with Crippen LogP contribution in [-0.2, 0) is 10.2 Å². The molecule has 0 saturated heterocycles. The molecule has 4 aliphatic rings. The van der Waals surface area contributed by atoms with Crippen molar-refractivity contribution in [3.63, 3.8) is 0 Å². The molecule has 2 aromatic rings. The van der Waals surface area contributed by atoms with Crippen LogP contribution < -0.4 is 11.5 Å². The van der Waals surface area contributed by atoms with Gasteiger partial charge in [-0.1, -0.05) is 6.07 Å². The molecular weight excluding hydrogens is 312 g/mol. The number of hydrogen-bond acceptors (Lipinski definition) is 3. The van der Waals surface area contributed by atoms with Gasteiger partial charge in [0.15, 0.2) is 0 Å². The highest BCUT2D eigenvalue weighted by molar-refractivity contribution is 5.77. The average Bonchev–Trinajstić information content (AvgIpc) is 2.96. The number of amides is 1. The van der Waals surface area contributed by atoms with Crippen molar-refractivity contribution < 1.29 is 4.79 Å². The smallest absolute Gasteiger partial charge is 0.219 e. The maximum Gasteiger partial charge on any atom is 0.219 e. The van der Waals surface area contributed by atoms with Gasteiger partial charge in [-0.2, -0.15) is 0 Å². The van der Waals surface area contributed by atoms with Gasteiger partial charge in [-0.15, -0.1) is 0 Å². The van der Waals surface area contributed by atoms with E-state index in [1.165, 1.54) is 44.1 Å². The van der Waals surface area contributed by atoms with E-state index in [0.29, 0.717) is 11.2 Å². The summed E-state index contributed by atoms with van der Waals surface area (Å²) >= 11 is 0. The second-order valence-electron chi connectivity index (χ2n) is 8.83. The number of rotatable bonds is 4. The summed E-state index contributed by atoms with van der Waals surface area (Å²) in [7, 11) is 0. The fourth-order valence-electron chi connectivity index (χ4n) is 6.31. The number of H-pyrrole nitrogens is 1. The lowest BCUT2D eigenvalue weighted by Crippen LogP contribution is -2.48. The lowest BCUT2D eigenvalue weighted by Gasteiger charge is -2.57. The van der Waals surface area contributed by atoms with E-state index in [0.717, 1.165) is 28.8 Å². The Morgan fingerprint density at radius 1 is 1.20 bits per heavy atom. The van der Waals surface area contributed by atoms with Crippen molar-refractivity contribution in [2.45, 2.75) is 56.4 Å². The first-order chi connectivity index (χ1) is 12.0. The first kappa shape index (κ1) is 15.4. The van der Waals surface area contributed by atoms with E-state index in [4.69, 9.17) is 11.5 Å². The molecule has 0 radical (unpaired) electrons. The van der Waals surface area contributed by atoms with E-state index in [9.17, 15) is 4.79 Å². The van der Waals surface area contributed by atoms with Crippen molar-refractivity contribution in [2.75, 3.05) is 0 Å². The summed E-state index contributed by atoms with van der Waals surface area (Å²) in [6.07, 6.45) is 8.54. The van der Waals surface area contributed by atoms with Gasteiger partial charge in [-0.3, -0.25) is 4.79 Å². The standard InChI is InChI=1S/C20H26N4O/c21-15(7-18(22)25)19-23-16-2-1-14(6-17(16)24-19)20-8-11-3-12(9-20)5-13(4-11)10-20/h1-2,6,11-13,15H,3-5,7-10,21H2,(H2,22,25)(H,23,24). The molecule has 5 N–H and O–H groups in total. The van der Waals surface area contributed by atoms with E-state index in [2.05, 4.69) is 28.2 Å². The van der Waals surface area contributed by atoms with Gasteiger partial charge in [0.1, 0.15) is 5.82 Å². The molecule has 0 spiro atoms. The van der Waals surface area contributed by atoms with Crippen LogP contribution in [0.5, 0.6) is 0 Å². The SMILES string of the molecule is NC(=O)CC(N)c1nc2ccc(C34CC5CC(CC(C5)C3)C4)cc2[nH]1. The average molecular weight is 338 g/mol. The summed E-state index contributed by atoms with van der Waals surface area (Å²) in [5.74, 6) is 3.05. The number of aromatic amines is 1. The number of nitrogens with one attached hydrogen (secondary N) is 1. The lowest BCUT2D eigenvalue weighted by atomic mass is 9.48. The van der Waals surface area contributed by atoms with Crippen molar-refractivity contribution in [3.05, 3.63) is 29.6 Å². The first-order valence-electron chi connectivity index (χ1n) is 9.55. The molecule has 1 heterocycles. The van der Waals surface area contributed by atoms with Crippen LogP contribution in [0, 0.1) is 17.8 Å². The minimum Gasteiger partial charge on any atom is -0.370 e. The van der Waals surface area contributed by atoms with Gasteiger partial charge in [-0.25, -0.2) is 4.98 Å². The predicted molar refractivity (Wildman–Crippen MR) is 96.7 cm³/mol. The molecule has 132 valence electrons. The number of aromatic nitrogens is 2. The molecule has 5 nitrogen and oxygen atoms in total. The van der Waals surface area contributed by atoms with Crippen molar-refractivity contribution >= 4 is 16.9 Å². The summed E-state index contributed by atoms with van der Waals surface area (Å²) in [6, 6.07) is 6.21. The first-order valence-corrected chi connectivity index (χ1v) is 9.55. The van der Waals surface area contributed by atoms with Crippen LogP contribution in [0.1, 0.15) is 62.4 Å². The lowest BCUT2D eigenvalue weighted by molar-refractivity contribution is -0.118. The van der Waals surface area contributed by atoms with E-state index >= 15 is 0 Å². The maximum atomic E-state index is 11.1. The van der Waals surface area contributed by atoms with Gasteiger partial charge in [-0.05, 0) is 79.4 Å². The summed E-state index contributed by atoms with van der Waals surface area (Å²) < 4.78 is 0. The third-order valence-corrected chi connectivity index (χ3v) is 6.92. The van der Waals surface area contributed by atoms with Crippen molar-refractivity contribution in [3.8, 4) is 0 Å².